The summed E-state index contributed by atoms with van der Waals surface area (Å²) in [5, 5.41) is 12.9. The summed E-state index contributed by atoms with van der Waals surface area (Å²) in [5.41, 5.74) is 7.35. The molecule has 16 nitrogen and oxygen atoms in total. The Morgan fingerprint density at radius 1 is 0.276 bits per heavy atom. The van der Waals surface area contributed by atoms with Crippen LogP contribution in [0.15, 0.2) is 209 Å². The molecule has 4 N–H and O–H groups in total. The van der Waals surface area contributed by atoms with Crippen molar-refractivity contribution in [3.8, 4) is 23.0 Å². The van der Waals surface area contributed by atoms with E-state index in [9.17, 15) is 19.2 Å². The maximum atomic E-state index is 14.6. The van der Waals surface area contributed by atoms with Gasteiger partial charge in [-0.05, 0) is 92.4 Å². The van der Waals surface area contributed by atoms with E-state index in [0.29, 0.717) is 88.3 Å². The second kappa shape index (κ2) is 40.7. The molecule has 8 aromatic carbocycles. The Labute approximate surface area is 711 Å². The fourth-order valence-electron chi connectivity index (χ4n) is 14.0. The molecule has 1 heterocycles. The third-order valence-corrected chi connectivity index (χ3v) is 24.9. The zero-order chi connectivity index (χ0) is 84.3. The van der Waals surface area contributed by atoms with Crippen LogP contribution in [0.3, 0.4) is 0 Å². The summed E-state index contributed by atoms with van der Waals surface area (Å²) < 4.78 is 31.6. The lowest BCUT2D eigenvalue weighted by Gasteiger charge is -2.30. The Kier molecular flexibility index (Phi) is 32.3. The molecule has 0 unspecified atom stereocenters. The Bertz CT molecular complexity index is 3920. The first kappa shape index (κ1) is 92.0. The quantitative estimate of drug-likeness (QED) is 0.0218. The van der Waals surface area contributed by atoms with Crippen molar-refractivity contribution in [2.45, 2.75) is 196 Å². The molecule has 0 aliphatic carbocycles. The zero-order valence-corrected chi connectivity index (χ0v) is 76.3. The molecular formula is C96H132N8O8S4+4. The Morgan fingerprint density at radius 3 is 0.595 bits per heavy atom. The maximum Gasteiger partial charge on any atom is 0.257 e. The van der Waals surface area contributed by atoms with E-state index in [1.165, 1.54) is 69.3 Å². The van der Waals surface area contributed by atoms with Gasteiger partial charge in [-0.3, -0.25) is 19.2 Å². The van der Waals surface area contributed by atoms with Crippen molar-refractivity contribution in [1.29, 1.82) is 0 Å². The largest absolute Gasteiger partial charge is 0.481 e. The minimum atomic E-state index is -0.420. The lowest BCUT2D eigenvalue weighted by Crippen LogP contribution is -2.41. The van der Waals surface area contributed by atoms with E-state index in [1.54, 1.807) is 0 Å². The van der Waals surface area contributed by atoms with E-state index in [2.05, 4.69) is 306 Å². The predicted molar refractivity (Wildman–Crippen MR) is 478 cm³/mol. The third-order valence-electron chi connectivity index (χ3n) is 20.7. The lowest BCUT2D eigenvalue weighted by molar-refractivity contribution is -0.903. The third kappa shape index (κ3) is 29.3. The van der Waals surface area contributed by atoms with Crippen LogP contribution >= 0.6 is 47.0 Å². The van der Waals surface area contributed by atoms with E-state index in [1.807, 2.05) is 24.3 Å². The average Bonchev–Trinajstić information content (AvgIpc) is 0.759. The molecule has 9 rings (SSSR count). The van der Waals surface area contributed by atoms with Crippen LogP contribution in [0.4, 0.5) is 0 Å². The first-order valence-electron chi connectivity index (χ1n) is 41.0. The summed E-state index contributed by atoms with van der Waals surface area (Å²) in [4.78, 5) is 64.0. The van der Waals surface area contributed by atoms with Gasteiger partial charge < -0.3 is 58.1 Å². The molecule has 1 aliphatic rings. The highest BCUT2D eigenvalue weighted by Crippen LogP contribution is 2.57. The SMILES string of the molecule is CC(C)(C)c1cc2c(OCC(=O)NCCC[N+](C)(C)Cc3ccccc3)c(c1)Sc1cc(C(C)(C)C)cc(c1OCC(=O)NCCC[N+](C)(C)Cc1ccccc1)Sc1cc(C(C)(C)C)cc(c1OCC(=O)NCCC[N+](C)(C)Cc1ccccc1)Sc1cc(C(C)(C)C)cc(c1OCC(=O)NCCC[N+](C)(C)Cc1ccccc1)S2. The maximum absolute atomic E-state index is 14.6. The van der Waals surface area contributed by atoms with Crippen LogP contribution in [0, 0.1) is 0 Å². The van der Waals surface area contributed by atoms with Gasteiger partial charge in [-0.25, -0.2) is 0 Å². The van der Waals surface area contributed by atoms with Crippen LogP contribution in [-0.4, -0.2) is 177 Å². The van der Waals surface area contributed by atoms with E-state index in [0.717, 1.165) is 118 Å². The van der Waals surface area contributed by atoms with Gasteiger partial charge in [-0.1, -0.05) is 251 Å². The monoisotopic (exact) mass is 1650 g/mol. The fraction of sp³-hybridized carbons (Fsp3) is 0.458. The first-order chi connectivity index (χ1) is 54.6. The van der Waals surface area contributed by atoms with Crippen molar-refractivity contribution in [3.05, 3.63) is 214 Å². The molecule has 0 atom stereocenters. The minimum absolute atomic E-state index is 0.263. The van der Waals surface area contributed by atoms with Gasteiger partial charge in [0.15, 0.2) is 26.4 Å². The smallest absolute Gasteiger partial charge is 0.257 e. The van der Waals surface area contributed by atoms with Crippen LogP contribution in [-0.2, 0) is 67.0 Å². The number of carbonyl (C=O) groups excluding carboxylic acids is 4. The Hall–Kier alpha value is -7.92. The number of quaternary nitrogens is 4. The molecule has 20 heteroatoms. The number of benzene rings is 8. The highest BCUT2D eigenvalue weighted by Gasteiger charge is 2.33. The van der Waals surface area contributed by atoms with Crippen molar-refractivity contribution in [1.82, 2.24) is 21.3 Å². The molecule has 4 amide bonds. The molecule has 0 fully saturated rings. The van der Waals surface area contributed by atoms with Crippen LogP contribution < -0.4 is 40.2 Å². The van der Waals surface area contributed by atoms with Crippen molar-refractivity contribution >= 4 is 70.7 Å². The second-order valence-corrected chi connectivity index (χ2v) is 42.1. The number of ether oxygens (including phenoxy) is 4. The number of hydrogen-bond donors (Lipinski definition) is 4. The van der Waals surface area contributed by atoms with Gasteiger partial charge in [0.1, 0.15) is 49.2 Å². The zero-order valence-electron chi connectivity index (χ0n) is 73.0. The molecule has 0 aromatic heterocycles. The van der Waals surface area contributed by atoms with Gasteiger partial charge in [0, 0.05) is 74.1 Å². The van der Waals surface area contributed by atoms with Crippen molar-refractivity contribution in [2.75, 3.05) is 135 Å². The number of rotatable bonds is 36. The van der Waals surface area contributed by atoms with Crippen molar-refractivity contribution < 1.29 is 56.1 Å². The molecule has 1 aliphatic heterocycles. The molecule has 0 saturated heterocycles. The Balaban J connectivity index is 1.18. The molecule has 8 aromatic rings. The van der Waals surface area contributed by atoms with Gasteiger partial charge in [0.25, 0.3) is 23.6 Å². The fourth-order valence-corrected chi connectivity index (χ4v) is 18.8. The van der Waals surface area contributed by atoms with E-state index >= 15 is 0 Å². The summed E-state index contributed by atoms with van der Waals surface area (Å²) in [6.07, 6.45) is 3.01. The number of nitrogens with zero attached hydrogens (tertiary/aromatic N) is 4. The molecule has 116 heavy (non-hydrogen) atoms. The summed E-state index contributed by atoms with van der Waals surface area (Å²) >= 11 is 5.89. The normalized spacial score (nSPS) is 13.0. The molecule has 0 saturated carbocycles. The molecule has 0 spiro atoms. The van der Waals surface area contributed by atoms with E-state index in [4.69, 9.17) is 18.9 Å². The average molecular weight is 1650 g/mol. The summed E-state index contributed by atoms with van der Waals surface area (Å²) in [6.45, 7) is 33.8. The van der Waals surface area contributed by atoms with E-state index < -0.39 is 21.7 Å². The van der Waals surface area contributed by atoms with Gasteiger partial charge in [-0.15, -0.1) is 0 Å². The number of nitrogens with one attached hydrogen (secondary N) is 4. The predicted octanol–water partition coefficient (Wildman–Crippen LogP) is 18.4. The number of amides is 4. The van der Waals surface area contributed by atoms with Crippen LogP contribution in [0.2, 0.25) is 0 Å². The number of fused-ring (bicyclic) bond motifs is 8. The second-order valence-electron chi connectivity index (χ2n) is 37.8. The lowest BCUT2D eigenvalue weighted by atomic mass is 9.87. The standard InChI is InChI=1S/C96H128N8O8S4/c1-93(2,3)73-53-77-89(109-65-85(105)97-45-33-49-101(13,14)61-69-37-25-21-26-38-69)78(54-73)114-80-56-75(95(7,8)9)58-82(91(80)111-67-87(107)99-47-35-51-103(17,18)63-71-41-29-23-30-42-71)116-84-60-76(96(10,11)12)59-83(92(84)112-68-88(108)100-48-36-52-104(19,20)64-72-43-31-24-32-44-72)115-81-57-74(94(4,5)6)55-79(113-77)90(81)110-66-86(106)98-46-34-50-102(15,16)62-70-39-27-22-28-40-70/h21-32,37-44,53-60H,33-36,45-52,61-68H2,1-20H3/p+4. The summed E-state index contributed by atoms with van der Waals surface area (Å²) in [7, 11) is 17.7. The van der Waals surface area contributed by atoms with Gasteiger partial charge >= 0.3 is 0 Å². The highest BCUT2D eigenvalue weighted by atomic mass is 32.2. The van der Waals surface area contributed by atoms with E-state index in [-0.39, 0.29) is 50.1 Å². The summed E-state index contributed by atoms with van der Waals surface area (Å²) in [5.74, 6) is 0.837. The minimum Gasteiger partial charge on any atom is -0.481 e. The molecular weight excluding hydrogens is 1520 g/mol. The number of carbonyl (C=O) groups is 4. The first-order valence-corrected chi connectivity index (χ1v) is 44.3. The van der Waals surface area contributed by atoms with Crippen LogP contribution in [0.5, 0.6) is 23.0 Å². The molecule has 8 bridgehead atoms. The van der Waals surface area contributed by atoms with Gasteiger partial charge in [-0.2, -0.15) is 0 Å². The number of hydrogen-bond acceptors (Lipinski definition) is 12. The van der Waals surface area contributed by atoms with Gasteiger partial charge in [0.05, 0.1) is 122 Å². The van der Waals surface area contributed by atoms with Crippen LogP contribution in [0.25, 0.3) is 0 Å². The molecule has 0 radical (unpaired) electrons. The van der Waals surface area contributed by atoms with Crippen molar-refractivity contribution in [3.63, 3.8) is 0 Å². The van der Waals surface area contributed by atoms with Gasteiger partial charge in [0.2, 0.25) is 0 Å². The van der Waals surface area contributed by atoms with Crippen LogP contribution in [0.1, 0.15) is 153 Å². The highest BCUT2D eigenvalue weighted by molar-refractivity contribution is 8.01. The Morgan fingerprint density at radius 2 is 0.440 bits per heavy atom. The van der Waals surface area contributed by atoms with Crippen molar-refractivity contribution in [2.24, 2.45) is 0 Å². The summed E-state index contributed by atoms with van der Waals surface area (Å²) in [6, 6.07) is 59.3. The topological polar surface area (TPSA) is 153 Å². The molecule has 624 valence electrons.